The molecular formula is C17H27N3O. The summed E-state index contributed by atoms with van der Waals surface area (Å²) in [6.07, 6.45) is 6.91. The van der Waals surface area contributed by atoms with Crippen LogP contribution in [0.1, 0.15) is 83.9 Å². The van der Waals surface area contributed by atoms with Crippen LogP contribution in [0, 0.1) is 22.2 Å². The largest absolute Gasteiger partial charge is 0.339 e. The maximum Gasteiger partial charge on any atom is 0.227 e. The lowest BCUT2D eigenvalue weighted by Crippen LogP contribution is -2.21. The van der Waals surface area contributed by atoms with Crippen molar-refractivity contribution in [2.75, 3.05) is 0 Å². The minimum absolute atomic E-state index is 0.0624. The number of aromatic nitrogens is 2. The van der Waals surface area contributed by atoms with Crippen molar-refractivity contribution in [3.05, 3.63) is 11.7 Å². The van der Waals surface area contributed by atoms with Crippen molar-refractivity contribution in [1.82, 2.24) is 10.1 Å². The van der Waals surface area contributed by atoms with E-state index in [4.69, 9.17) is 9.78 Å². The molecule has 0 spiro atoms. The van der Waals surface area contributed by atoms with Gasteiger partial charge in [0.15, 0.2) is 5.82 Å². The second-order valence-electron chi connectivity index (χ2n) is 7.66. The Morgan fingerprint density at radius 1 is 1.38 bits per heavy atom. The second-order valence-corrected chi connectivity index (χ2v) is 7.66. The minimum Gasteiger partial charge on any atom is -0.339 e. The molecule has 1 saturated carbocycles. The molecule has 116 valence electrons. The Labute approximate surface area is 127 Å². The van der Waals surface area contributed by atoms with Gasteiger partial charge in [-0.15, -0.1) is 0 Å². The zero-order valence-electron chi connectivity index (χ0n) is 13.8. The third-order valence-corrected chi connectivity index (χ3v) is 5.13. The van der Waals surface area contributed by atoms with Gasteiger partial charge < -0.3 is 4.52 Å². The molecule has 4 nitrogen and oxygen atoms in total. The van der Waals surface area contributed by atoms with E-state index in [1.807, 2.05) is 0 Å². The Kier molecular flexibility index (Phi) is 4.70. The highest BCUT2D eigenvalue weighted by molar-refractivity contribution is 5.01. The fourth-order valence-electron chi connectivity index (χ4n) is 3.03. The van der Waals surface area contributed by atoms with Gasteiger partial charge in [-0.3, -0.25) is 0 Å². The van der Waals surface area contributed by atoms with Crippen molar-refractivity contribution >= 4 is 0 Å². The lowest BCUT2D eigenvalue weighted by molar-refractivity contribution is 0.218. The van der Waals surface area contributed by atoms with E-state index in [2.05, 4.69) is 43.9 Å². The van der Waals surface area contributed by atoms with E-state index in [-0.39, 0.29) is 5.41 Å². The van der Waals surface area contributed by atoms with Crippen molar-refractivity contribution in [3.63, 3.8) is 0 Å². The third kappa shape index (κ3) is 4.06. The van der Waals surface area contributed by atoms with Gasteiger partial charge in [-0.05, 0) is 42.9 Å². The first kappa shape index (κ1) is 16.0. The highest BCUT2D eigenvalue weighted by atomic mass is 16.5. The second kappa shape index (κ2) is 6.17. The van der Waals surface area contributed by atoms with Crippen LogP contribution < -0.4 is 0 Å². The molecule has 0 aromatic carbocycles. The van der Waals surface area contributed by atoms with Crippen molar-refractivity contribution in [1.29, 1.82) is 5.26 Å². The number of hydrogen-bond donors (Lipinski definition) is 0. The molecule has 0 radical (unpaired) electrons. The summed E-state index contributed by atoms with van der Waals surface area (Å²) < 4.78 is 5.44. The fourth-order valence-corrected chi connectivity index (χ4v) is 3.03. The van der Waals surface area contributed by atoms with Crippen LogP contribution in [-0.4, -0.2) is 10.1 Å². The average Bonchev–Trinajstić information content (AvgIpc) is 2.87. The molecule has 1 aliphatic rings. The molecule has 1 aromatic rings. The molecule has 1 aliphatic carbocycles. The number of nitrogens with zero attached hydrogens (tertiary/aromatic N) is 3. The van der Waals surface area contributed by atoms with Gasteiger partial charge in [0, 0.05) is 18.8 Å². The predicted molar refractivity (Wildman–Crippen MR) is 81.6 cm³/mol. The quantitative estimate of drug-likeness (QED) is 0.793. The average molecular weight is 289 g/mol. The van der Waals surface area contributed by atoms with E-state index in [1.54, 1.807) is 0 Å². The van der Waals surface area contributed by atoms with Gasteiger partial charge >= 0.3 is 0 Å². The molecular weight excluding hydrogens is 262 g/mol. The number of hydrogen-bond acceptors (Lipinski definition) is 4. The topological polar surface area (TPSA) is 62.7 Å². The monoisotopic (exact) mass is 289 g/mol. The summed E-state index contributed by atoms with van der Waals surface area (Å²) in [4.78, 5) is 4.61. The van der Waals surface area contributed by atoms with Crippen LogP contribution in [0.25, 0.3) is 0 Å². The minimum atomic E-state index is -0.0624. The first-order valence-electron chi connectivity index (χ1n) is 8.07. The molecule has 0 N–H and O–H groups in total. The smallest absolute Gasteiger partial charge is 0.227 e. The maximum absolute atomic E-state index is 8.95. The summed E-state index contributed by atoms with van der Waals surface area (Å²) >= 11 is 0. The molecule has 1 heterocycles. The Morgan fingerprint density at radius 2 is 2.05 bits per heavy atom. The lowest BCUT2D eigenvalue weighted by Gasteiger charge is -2.32. The van der Waals surface area contributed by atoms with E-state index >= 15 is 0 Å². The van der Waals surface area contributed by atoms with Gasteiger partial charge in [-0.25, -0.2) is 0 Å². The van der Waals surface area contributed by atoms with Crippen molar-refractivity contribution in [2.45, 2.75) is 78.6 Å². The van der Waals surface area contributed by atoms with Crippen LogP contribution >= 0.6 is 0 Å². The van der Waals surface area contributed by atoms with E-state index < -0.39 is 0 Å². The van der Waals surface area contributed by atoms with Gasteiger partial charge in [0.25, 0.3) is 0 Å². The standard InChI is InChI=1S/C17H27N3O/c1-5-17(4,10-11-18)12-14-19-15(20-21-14)13-6-8-16(2,3)9-7-13/h13H,5-10,12H2,1-4H3. The summed E-state index contributed by atoms with van der Waals surface area (Å²) in [5.74, 6) is 2.00. The number of nitriles is 1. The van der Waals surface area contributed by atoms with Crippen molar-refractivity contribution < 1.29 is 4.52 Å². The van der Waals surface area contributed by atoms with Gasteiger partial charge in [-0.2, -0.15) is 10.2 Å². The van der Waals surface area contributed by atoms with Crippen molar-refractivity contribution in [3.8, 4) is 6.07 Å². The van der Waals surface area contributed by atoms with Crippen LogP contribution in [0.5, 0.6) is 0 Å². The summed E-state index contributed by atoms with van der Waals surface area (Å²) in [5, 5.41) is 13.1. The van der Waals surface area contributed by atoms with Crippen molar-refractivity contribution in [2.24, 2.45) is 10.8 Å². The van der Waals surface area contributed by atoms with Crippen LogP contribution in [0.3, 0.4) is 0 Å². The fraction of sp³-hybridized carbons (Fsp3) is 0.824. The molecule has 21 heavy (non-hydrogen) atoms. The Hall–Kier alpha value is -1.37. The highest BCUT2D eigenvalue weighted by Crippen LogP contribution is 2.41. The van der Waals surface area contributed by atoms with Crippen LogP contribution in [0.4, 0.5) is 0 Å². The third-order valence-electron chi connectivity index (χ3n) is 5.13. The van der Waals surface area contributed by atoms with Crippen LogP contribution in [0.15, 0.2) is 4.52 Å². The molecule has 1 fully saturated rings. The molecule has 0 amide bonds. The van der Waals surface area contributed by atoms with E-state index in [1.165, 1.54) is 12.8 Å². The maximum atomic E-state index is 8.95. The first-order valence-corrected chi connectivity index (χ1v) is 8.07. The van der Waals surface area contributed by atoms with Crippen LogP contribution in [-0.2, 0) is 6.42 Å². The zero-order chi connectivity index (χ0) is 15.5. The van der Waals surface area contributed by atoms with E-state index in [9.17, 15) is 0 Å². The number of rotatable bonds is 5. The van der Waals surface area contributed by atoms with E-state index in [0.29, 0.717) is 30.1 Å². The summed E-state index contributed by atoms with van der Waals surface area (Å²) in [5.41, 5.74) is 0.393. The zero-order valence-corrected chi connectivity index (χ0v) is 13.8. The molecule has 0 bridgehead atoms. The summed E-state index contributed by atoms with van der Waals surface area (Å²) in [7, 11) is 0. The molecule has 4 heteroatoms. The predicted octanol–water partition coefficient (Wildman–Crippen LogP) is 4.63. The van der Waals surface area contributed by atoms with Gasteiger partial charge in [0.2, 0.25) is 5.89 Å². The van der Waals surface area contributed by atoms with Gasteiger partial charge in [0.1, 0.15) is 0 Å². The van der Waals surface area contributed by atoms with Gasteiger partial charge in [0.05, 0.1) is 6.07 Å². The Bertz CT molecular complexity index is 504. The summed E-state index contributed by atoms with van der Waals surface area (Å²) in [6, 6.07) is 2.27. The highest BCUT2D eigenvalue weighted by Gasteiger charge is 2.31. The Balaban J connectivity index is 2.00. The van der Waals surface area contributed by atoms with Gasteiger partial charge in [-0.1, -0.05) is 32.9 Å². The van der Waals surface area contributed by atoms with E-state index in [0.717, 1.165) is 25.1 Å². The molecule has 0 saturated heterocycles. The molecule has 1 aromatic heterocycles. The lowest BCUT2D eigenvalue weighted by atomic mass is 9.73. The molecule has 1 atom stereocenters. The summed E-state index contributed by atoms with van der Waals surface area (Å²) in [6.45, 7) is 8.89. The van der Waals surface area contributed by atoms with Crippen LogP contribution in [0.2, 0.25) is 0 Å². The molecule has 1 unspecified atom stereocenters. The Morgan fingerprint density at radius 3 is 2.62 bits per heavy atom. The first-order chi connectivity index (χ1) is 9.87. The SMILES string of the molecule is CCC(C)(CC#N)Cc1nc(C2CCC(C)(C)CC2)no1. The molecule has 0 aliphatic heterocycles. The molecule has 2 rings (SSSR count). The normalized spacial score (nSPS) is 21.7.